The van der Waals surface area contributed by atoms with Crippen molar-refractivity contribution in [2.45, 2.75) is 12.1 Å². The van der Waals surface area contributed by atoms with Crippen LogP contribution in [0.4, 0.5) is 5.82 Å². The van der Waals surface area contributed by atoms with Gasteiger partial charge < -0.3 is 5.32 Å². The highest BCUT2D eigenvalue weighted by molar-refractivity contribution is 7.99. The van der Waals surface area contributed by atoms with Crippen LogP contribution in [-0.2, 0) is 4.79 Å². The summed E-state index contributed by atoms with van der Waals surface area (Å²) in [5.74, 6) is 0.763. The Morgan fingerprint density at radius 2 is 2.18 bits per heavy atom. The third kappa shape index (κ3) is 3.34. The average Bonchev–Trinajstić information content (AvgIpc) is 3.16. The molecular formula is C14H14N6OS. The molecule has 22 heavy (non-hydrogen) atoms. The van der Waals surface area contributed by atoms with Crippen molar-refractivity contribution in [3.8, 4) is 5.69 Å². The van der Waals surface area contributed by atoms with E-state index in [9.17, 15) is 4.79 Å². The number of nitrogens with zero attached hydrogens (tertiary/aromatic N) is 4. The summed E-state index contributed by atoms with van der Waals surface area (Å²) in [5, 5.41) is 14.3. The number of rotatable bonds is 5. The number of nitrogens with one attached hydrogen (secondary N) is 2. The number of carbonyl (C=O) groups excluding carboxylic acids is 1. The third-order valence-electron chi connectivity index (χ3n) is 2.83. The number of thioether (sulfide) groups is 1. The smallest absolute Gasteiger partial charge is 0.236 e. The van der Waals surface area contributed by atoms with Crippen LogP contribution in [-0.4, -0.2) is 36.6 Å². The van der Waals surface area contributed by atoms with Gasteiger partial charge in [-0.25, -0.2) is 9.67 Å². The topological polar surface area (TPSA) is 88.5 Å². The number of hydrogen-bond acceptors (Lipinski definition) is 5. The maximum absolute atomic E-state index is 12.1. The van der Waals surface area contributed by atoms with Crippen LogP contribution in [0.25, 0.3) is 5.69 Å². The molecular weight excluding hydrogens is 300 g/mol. The zero-order valence-electron chi connectivity index (χ0n) is 11.9. The van der Waals surface area contributed by atoms with E-state index in [0.29, 0.717) is 11.0 Å². The molecule has 2 heterocycles. The molecule has 2 aromatic heterocycles. The molecule has 0 aliphatic carbocycles. The Balaban J connectivity index is 1.71. The molecule has 0 unspecified atom stereocenters. The SMILES string of the molecule is Cc1cc(NC(=O)CSc2ncn[nH]2)n(-c2ccccc2)n1. The van der Waals surface area contributed by atoms with E-state index < -0.39 is 0 Å². The summed E-state index contributed by atoms with van der Waals surface area (Å²) in [6, 6.07) is 11.5. The second kappa shape index (κ2) is 6.44. The monoisotopic (exact) mass is 314 g/mol. The van der Waals surface area contributed by atoms with Crippen molar-refractivity contribution < 1.29 is 4.79 Å². The van der Waals surface area contributed by atoms with Crippen molar-refractivity contribution in [1.29, 1.82) is 0 Å². The Labute approximate surface area is 131 Å². The zero-order chi connectivity index (χ0) is 15.4. The van der Waals surface area contributed by atoms with Gasteiger partial charge in [0.2, 0.25) is 5.91 Å². The number of amides is 1. The summed E-state index contributed by atoms with van der Waals surface area (Å²) in [6.07, 6.45) is 1.41. The van der Waals surface area contributed by atoms with Crippen LogP contribution < -0.4 is 5.32 Å². The number of carbonyl (C=O) groups is 1. The largest absolute Gasteiger partial charge is 0.310 e. The van der Waals surface area contributed by atoms with Gasteiger partial charge in [0.05, 0.1) is 17.1 Å². The van der Waals surface area contributed by atoms with Crippen molar-refractivity contribution in [2.75, 3.05) is 11.1 Å². The average molecular weight is 314 g/mol. The van der Waals surface area contributed by atoms with Gasteiger partial charge in [-0.3, -0.25) is 9.89 Å². The highest BCUT2D eigenvalue weighted by Crippen LogP contribution is 2.18. The third-order valence-corrected chi connectivity index (χ3v) is 3.71. The number of benzene rings is 1. The molecule has 7 nitrogen and oxygen atoms in total. The minimum atomic E-state index is -0.126. The van der Waals surface area contributed by atoms with Crippen LogP contribution in [0.3, 0.4) is 0 Å². The minimum Gasteiger partial charge on any atom is -0.310 e. The maximum Gasteiger partial charge on any atom is 0.236 e. The molecule has 0 saturated heterocycles. The van der Waals surface area contributed by atoms with Crippen LogP contribution in [0.2, 0.25) is 0 Å². The van der Waals surface area contributed by atoms with Crippen LogP contribution in [0, 0.1) is 6.92 Å². The van der Waals surface area contributed by atoms with Crippen molar-refractivity contribution >= 4 is 23.5 Å². The molecule has 1 amide bonds. The molecule has 0 fully saturated rings. The van der Waals surface area contributed by atoms with E-state index >= 15 is 0 Å². The van der Waals surface area contributed by atoms with E-state index in [0.717, 1.165) is 11.4 Å². The number of aryl methyl sites for hydroxylation is 1. The van der Waals surface area contributed by atoms with Crippen LogP contribution >= 0.6 is 11.8 Å². The van der Waals surface area contributed by atoms with Gasteiger partial charge in [-0.1, -0.05) is 30.0 Å². The Morgan fingerprint density at radius 1 is 1.36 bits per heavy atom. The van der Waals surface area contributed by atoms with E-state index in [1.54, 1.807) is 4.68 Å². The second-order valence-corrected chi connectivity index (χ2v) is 5.51. The van der Waals surface area contributed by atoms with Gasteiger partial charge in [-0.15, -0.1) is 0 Å². The van der Waals surface area contributed by atoms with E-state index in [2.05, 4.69) is 25.6 Å². The summed E-state index contributed by atoms with van der Waals surface area (Å²) >= 11 is 1.29. The van der Waals surface area contributed by atoms with Crippen molar-refractivity contribution in [3.63, 3.8) is 0 Å². The molecule has 0 atom stereocenters. The number of H-pyrrole nitrogens is 1. The number of anilines is 1. The van der Waals surface area contributed by atoms with Gasteiger partial charge in [0.25, 0.3) is 0 Å². The molecule has 2 N–H and O–H groups in total. The molecule has 3 rings (SSSR count). The van der Waals surface area contributed by atoms with Crippen LogP contribution in [0.15, 0.2) is 47.9 Å². The lowest BCUT2D eigenvalue weighted by atomic mass is 10.3. The van der Waals surface area contributed by atoms with E-state index in [1.807, 2.05) is 43.3 Å². The van der Waals surface area contributed by atoms with E-state index in [1.165, 1.54) is 18.1 Å². The normalized spacial score (nSPS) is 10.6. The van der Waals surface area contributed by atoms with Gasteiger partial charge in [-0.05, 0) is 19.1 Å². The van der Waals surface area contributed by atoms with Crippen molar-refractivity contribution in [2.24, 2.45) is 0 Å². The minimum absolute atomic E-state index is 0.126. The van der Waals surface area contributed by atoms with Crippen LogP contribution in [0.5, 0.6) is 0 Å². The molecule has 0 aliphatic rings. The molecule has 0 spiro atoms. The molecule has 112 valence electrons. The molecule has 0 saturated carbocycles. The fourth-order valence-electron chi connectivity index (χ4n) is 1.93. The zero-order valence-corrected chi connectivity index (χ0v) is 12.7. The predicted molar refractivity (Wildman–Crippen MR) is 84.0 cm³/mol. The molecule has 0 aliphatic heterocycles. The first-order valence-corrected chi connectivity index (χ1v) is 7.61. The van der Waals surface area contributed by atoms with Gasteiger partial charge in [0, 0.05) is 6.07 Å². The summed E-state index contributed by atoms with van der Waals surface area (Å²) in [4.78, 5) is 16.0. The van der Waals surface area contributed by atoms with Crippen molar-refractivity contribution in [1.82, 2.24) is 25.0 Å². The van der Waals surface area contributed by atoms with E-state index in [4.69, 9.17) is 0 Å². The quantitative estimate of drug-likeness (QED) is 0.703. The first-order valence-electron chi connectivity index (χ1n) is 6.62. The lowest BCUT2D eigenvalue weighted by Crippen LogP contribution is -2.17. The second-order valence-electron chi connectivity index (χ2n) is 4.55. The molecule has 8 heteroatoms. The van der Waals surface area contributed by atoms with Gasteiger partial charge in [0.1, 0.15) is 12.1 Å². The Hall–Kier alpha value is -2.61. The lowest BCUT2D eigenvalue weighted by Gasteiger charge is -2.08. The fourth-order valence-corrected chi connectivity index (χ4v) is 2.51. The number of hydrogen-bond donors (Lipinski definition) is 2. The van der Waals surface area contributed by atoms with Gasteiger partial charge >= 0.3 is 0 Å². The van der Waals surface area contributed by atoms with Gasteiger partial charge in [-0.2, -0.15) is 10.2 Å². The maximum atomic E-state index is 12.1. The summed E-state index contributed by atoms with van der Waals surface area (Å²) < 4.78 is 1.71. The van der Waals surface area contributed by atoms with Crippen molar-refractivity contribution in [3.05, 3.63) is 48.4 Å². The lowest BCUT2D eigenvalue weighted by molar-refractivity contribution is -0.113. The summed E-state index contributed by atoms with van der Waals surface area (Å²) in [5.41, 5.74) is 1.73. The summed E-state index contributed by atoms with van der Waals surface area (Å²) in [6.45, 7) is 1.89. The van der Waals surface area contributed by atoms with Crippen LogP contribution in [0.1, 0.15) is 5.69 Å². The fraction of sp³-hybridized carbons (Fsp3) is 0.143. The van der Waals surface area contributed by atoms with Gasteiger partial charge in [0.15, 0.2) is 5.16 Å². The Morgan fingerprint density at radius 3 is 2.91 bits per heavy atom. The molecule has 0 radical (unpaired) electrons. The van der Waals surface area contributed by atoms with E-state index in [-0.39, 0.29) is 11.7 Å². The summed E-state index contributed by atoms with van der Waals surface area (Å²) in [7, 11) is 0. The number of aromatic amines is 1. The molecule has 3 aromatic rings. The molecule has 0 bridgehead atoms. The Kier molecular flexibility index (Phi) is 4.19. The highest BCUT2D eigenvalue weighted by atomic mass is 32.2. The first kappa shape index (κ1) is 14.3. The number of aromatic nitrogens is 5. The molecule has 1 aromatic carbocycles. The Bertz CT molecular complexity index is 753. The predicted octanol–water partition coefficient (Wildman–Crippen LogP) is 2.03. The number of para-hydroxylation sites is 1. The highest BCUT2D eigenvalue weighted by Gasteiger charge is 2.11. The first-order chi connectivity index (χ1) is 10.7. The standard InChI is InChI=1S/C14H14N6OS/c1-10-7-12(20(19-10)11-5-3-2-4-6-11)17-13(21)8-22-14-15-9-16-18-14/h2-7,9H,8H2,1H3,(H,17,21)(H,15,16,18).